The van der Waals surface area contributed by atoms with Gasteiger partial charge in [-0.05, 0) is 36.6 Å². The van der Waals surface area contributed by atoms with E-state index in [4.69, 9.17) is 0 Å². The van der Waals surface area contributed by atoms with Crippen LogP contribution in [-0.4, -0.2) is 67.4 Å². The Morgan fingerprint density at radius 2 is 1.61 bits per heavy atom. The highest BCUT2D eigenvalue weighted by molar-refractivity contribution is 5.95. The zero-order valence-corrected chi connectivity index (χ0v) is 18.4. The van der Waals surface area contributed by atoms with Crippen LogP contribution in [-0.2, 0) is 9.59 Å². The predicted molar refractivity (Wildman–Crippen MR) is 126 cm³/mol. The third-order valence-electron chi connectivity index (χ3n) is 5.63. The van der Waals surface area contributed by atoms with E-state index in [1.165, 1.54) is 5.56 Å². The maximum atomic E-state index is 12.2. The molecule has 2 N–H and O–H groups in total. The van der Waals surface area contributed by atoms with Crippen molar-refractivity contribution in [2.75, 3.05) is 51.1 Å². The molecule has 0 aliphatic carbocycles. The van der Waals surface area contributed by atoms with Crippen molar-refractivity contribution in [1.82, 2.24) is 15.1 Å². The highest BCUT2D eigenvalue weighted by Gasteiger charge is 2.18. The van der Waals surface area contributed by atoms with Crippen LogP contribution in [0.4, 0.5) is 5.69 Å². The molecule has 1 aliphatic heterocycles. The molecule has 0 radical (unpaired) electrons. The summed E-state index contributed by atoms with van der Waals surface area (Å²) < 4.78 is 0. The van der Waals surface area contributed by atoms with Gasteiger partial charge in [0.2, 0.25) is 11.8 Å². The number of carbonyl (C=O) groups is 2. The van der Waals surface area contributed by atoms with Crippen LogP contribution in [0.5, 0.6) is 0 Å². The number of hydrogen-bond acceptors (Lipinski definition) is 4. The smallest absolute Gasteiger partial charge is 0.243 e. The van der Waals surface area contributed by atoms with Crippen molar-refractivity contribution in [2.45, 2.75) is 13.8 Å². The van der Waals surface area contributed by atoms with Crippen LogP contribution in [0.2, 0.25) is 0 Å². The number of amides is 2. The Kier molecular flexibility index (Phi) is 8.38. The zero-order chi connectivity index (χ0) is 22.1. The second kappa shape index (κ2) is 11.4. The number of rotatable bonds is 8. The van der Waals surface area contributed by atoms with Crippen molar-refractivity contribution in [3.63, 3.8) is 0 Å². The molecule has 0 aromatic heterocycles. The molecular formula is C25H32N4O2. The monoisotopic (exact) mass is 420 g/mol. The molecule has 2 amide bonds. The summed E-state index contributed by atoms with van der Waals surface area (Å²) in [6, 6.07) is 16.1. The number of hydrogen-bond donors (Lipinski definition) is 2. The summed E-state index contributed by atoms with van der Waals surface area (Å²) in [5.41, 5.74) is 4.16. The van der Waals surface area contributed by atoms with E-state index < -0.39 is 0 Å². The fraction of sp³-hybridized carbons (Fsp3) is 0.360. The summed E-state index contributed by atoms with van der Waals surface area (Å²) >= 11 is 0. The summed E-state index contributed by atoms with van der Waals surface area (Å²) in [6.45, 7) is 8.75. The van der Waals surface area contributed by atoms with Crippen molar-refractivity contribution in [1.29, 1.82) is 0 Å². The Bertz CT molecular complexity index is 903. The van der Waals surface area contributed by atoms with Gasteiger partial charge in [-0.2, -0.15) is 0 Å². The Morgan fingerprint density at radius 1 is 0.903 bits per heavy atom. The first-order valence-electron chi connectivity index (χ1n) is 10.8. The van der Waals surface area contributed by atoms with Gasteiger partial charge < -0.3 is 10.6 Å². The van der Waals surface area contributed by atoms with Crippen molar-refractivity contribution >= 4 is 23.6 Å². The van der Waals surface area contributed by atoms with Crippen LogP contribution in [0, 0.1) is 13.8 Å². The molecule has 164 valence electrons. The number of benzene rings is 2. The molecule has 1 saturated heterocycles. The van der Waals surface area contributed by atoms with Gasteiger partial charge in [0.05, 0.1) is 13.1 Å². The third-order valence-corrected chi connectivity index (χ3v) is 5.63. The maximum Gasteiger partial charge on any atom is 0.243 e. The summed E-state index contributed by atoms with van der Waals surface area (Å²) in [5.74, 6) is -0.328. The van der Waals surface area contributed by atoms with E-state index in [9.17, 15) is 9.59 Å². The van der Waals surface area contributed by atoms with Gasteiger partial charge in [-0.3, -0.25) is 19.4 Å². The van der Waals surface area contributed by atoms with Crippen molar-refractivity contribution in [2.24, 2.45) is 0 Å². The molecule has 0 spiro atoms. The van der Waals surface area contributed by atoms with E-state index in [2.05, 4.69) is 44.7 Å². The van der Waals surface area contributed by atoms with Gasteiger partial charge in [-0.15, -0.1) is 0 Å². The summed E-state index contributed by atoms with van der Waals surface area (Å²) in [6.07, 6.45) is 4.33. The van der Waals surface area contributed by atoms with E-state index in [-0.39, 0.29) is 18.4 Å². The lowest BCUT2D eigenvalue weighted by Gasteiger charge is -2.33. The number of aryl methyl sites for hydroxylation is 1. The van der Waals surface area contributed by atoms with Gasteiger partial charge in [-0.1, -0.05) is 54.6 Å². The van der Waals surface area contributed by atoms with E-state index in [0.29, 0.717) is 6.54 Å². The number of carbonyl (C=O) groups excluding carboxylic acids is 2. The Hall–Kier alpha value is -2.96. The standard InChI is InChI=1S/C25H32N4O2/c1-20-8-6-12-23(21(20)2)27-24(30)18-26-25(31)19-29-16-14-28(15-17-29)13-7-11-22-9-4-3-5-10-22/h3-12H,13-19H2,1-2H3,(H,26,31)(H,27,30)/b11-7+. The molecule has 0 bridgehead atoms. The van der Waals surface area contributed by atoms with Crippen LogP contribution in [0.15, 0.2) is 54.6 Å². The predicted octanol–water partition coefficient (Wildman–Crippen LogP) is 2.69. The molecule has 0 unspecified atom stereocenters. The van der Waals surface area contributed by atoms with Crippen LogP contribution < -0.4 is 10.6 Å². The molecule has 0 atom stereocenters. The summed E-state index contributed by atoms with van der Waals surface area (Å²) in [5, 5.41) is 5.60. The van der Waals surface area contributed by atoms with Gasteiger partial charge in [0.1, 0.15) is 0 Å². The topological polar surface area (TPSA) is 64.7 Å². The quantitative estimate of drug-likeness (QED) is 0.689. The van der Waals surface area contributed by atoms with Gasteiger partial charge in [0.15, 0.2) is 0 Å². The highest BCUT2D eigenvalue weighted by atomic mass is 16.2. The number of nitrogens with zero attached hydrogens (tertiary/aromatic N) is 2. The maximum absolute atomic E-state index is 12.2. The molecule has 6 heteroatoms. The van der Waals surface area contributed by atoms with E-state index in [1.54, 1.807) is 0 Å². The minimum absolute atomic E-state index is 0.0174. The van der Waals surface area contributed by atoms with Crippen molar-refractivity contribution in [3.8, 4) is 0 Å². The molecule has 1 heterocycles. The fourth-order valence-electron chi connectivity index (χ4n) is 3.55. The molecule has 31 heavy (non-hydrogen) atoms. The Balaban J connectivity index is 1.33. The van der Waals surface area contributed by atoms with Crippen LogP contribution in [0.25, 0.3) is 6.08 Å². The minimum Gasteiger partial charge on any atom is -0.346 e. The average molecular weight is 421 g/mol. The molecule has 2 aromatic carbocycles. The van der Waals surface area contributed by atoms with Gasteiger partial charge in [0, 0.05) is 38.4 Å². The zero-order valence-electron chi connectivity index (χ0n) is 18.4. The number of nitrogens with one attached hydrogen (secondary N) is 2. The SMILES string of the molecule is Cc1cccc(NC(=O)CNC(=O)CN2CCN(C/C=C/c3ccccc3)CC2)c1C. The normalized spacial score (nSPS) is 15.2. The molecule has 6 nitrogen and oxygen atoms in total. The first-order valence-corrected chi connectivity index (χ1v) is 10.8. The van der Waals surface area contributed by atoms with E-state index in [1.807, 2.05) is 50.2 Å². The average Bonchev–Trinajstić information content (AvgIpc) is 2.77. The van der Waals surface area contributed by atoms with Gasteiger partial charge in [-0.25, -0.2) is 0 Å². The molecule has 0 saturated carbocycles. The summed E-state index contributed by atoms with van der Waals surface area (Å²) in [4.78, 5) is 28.9. The number of piperazine rings is 1. The third kappa shape index (κ3) is 7.35. The highest BCUT2D eigenvalue weighted by Crippen LogP contribution is 2.17. The number of anilines is 1. The van der Waals surface area contributed by atoms with Crippen LogP contribution in [0.1, 0.15) is 16.7 Å². The second-order valence-corrected chi connectivity index (χ2v) is 7.96. The molecule has 3 rings (SSSR count). The lowest BCUT2D eigenvalue weighted by molar-refractivity contribution is -0.125. The largest absolute Gasteiger partial charge is 0.346 e. The lowest BCUT2D eigenvalue weighted by Crippen LogP contribution is -2.49. The van der Waals surface area contributed by atoms with Crippen LogP contribution >= 0.6 is 0 Å². The minimum atomic E-state index is -0.211. The van der Waals surface area contributed by atoms with Crippen molar-refractivity contribution < 1.29 is 9.59 Å². The van der Waals surface area contributed by atoms with Crippen molar-refractivity contribution in [3.05, 3.63) is 71.3 Å². The Labute approximate surface area is 184 Å². The molecular weight excluding hydrogens is 388 g/mol. The van der Waals surface area contributed by atoms with Crippen LogP contribution in [0.3, 0.4) is 0 Å². The van der Waals surface area contributed by atoms with Gasteiger partial charge >= 0.3 is 0 Å². The lowest BCUT2D eigenvalue weighted by atomic mass is 10.1. The van der Waals surface area contributed by atoms with E-state index in [0.717, 1.165) is 49.5 Å². The fourth-order valence-corrected chi connectivity index (χ4v) is 3.55. The summed E-state index contributed by atoms with van der Waals surface area (Å²) in [7, 11) is 0. The molecule has 2 aromatic rings. The molecule has 1 aliphatic rings. The first kappa shape index (κ1) is 22.7. The molecule has 1 fully saturated rings. The first-order chi connectivity index (χ1) is 15.0. The van der Waals surface area contributed by atoms with E-state index >= 15 is 0 Å². The second-order valence-electron chi connectivity index (χ2n) is 7.96. The van der Waals surface area contributed by atoms with Gasteiger partial charge in [0.25, 0.3) is 0 Å². The Morgan fingerprint density at radius 3 is 2.35 bits per heavy atom.